The molecule has 2 aromatic rings. The fraction of sp³-hybridized carbons (Fsp3) is 0.300. The van der Waals surface area contributed by atoms with Crippen molar-refractivity contribution < 1.29 is 10.2 Å². The molecule has 0 spiro atoms. The molecule has 0 aliphatic rings. The summed E-state index contributed by atoms with van der Waals surface area (Å²) in [4.78, 5) is 10.7. The van der Waals surface area contributed by atoms with Crippen LogP contribution in [0.2, 0.25) is 0 Å². The second-order valence-corrected chi connectivity index (χ2v) is 3.52. The van der Waals surface area contributed by atoms with Crippen LogP contribution in [0.1, 0.15) is 5.56 Å². The molecule has 0 bridgehead atoms. The first-order valence-corrected chi connectivity index (χ1v) is 4.90. The van der Waals surface area contributed by atoms with E-state index in [0.29, 0.717) is 24.1 Å². The van der Waals surface area contributed by atoms with Crippen LogP contribution in [0.5, 0.6) is 5.88 Å². The molecule has 0 fully saturated rings. The minimum absolute atomic E-state index is 0.0616. The molecule has 1 unspecified atom stereocenters. The highest BCUT2D eigenvalue weighted by molar-refractivity contribution is 5.82. The van der Waals surface area contributed by atoms with Crippen LogP contribution in [0.3, 0.4) is 0 Å². The van der Waals surface area contributed by atoms with Crippen LogP contribution in [0, 0.1) is 6.92 Å². The third kappa shape index (κ3) is 2.12. The predicted molar refractivity (Wildman–Crippen MR) is 58.6 cm³/mol. The van der Waals surface area contributed by atoms with E-state index in [1.807, 2.05) is 0 Å². The Hall–Kier alpha value is -1.66. The van der Waals surface area contributed by atoms with E-state index in [0.717, 1.165) is 5.56 Å². The van der Waals surface area contributed by atoms with Crippen molar-refractivity contribution >= 4 is 11.0 Å². The summed E-state index contributed by atoms with van der Waals surface area (Å²) in [5, 5.41) is 21.5. The van der Waals surface area contributed by atoms with E-state index < -0.39 is 6.10 Å². The zero-order chi connectivity index (χ0) is 11.5. The number of nitrogens with zero attached hydrogens (tertiary/aromatic N) is 2. The van der Waals surface area contributed by atoms with Crippen molar-refractivity contribution in [1.82, 2.24) is 20.3 Å². The Morgan fingerprint density at radius 2 is 2.31 bits per heavy atom. The number of hydrogen-bond donors (Lipinski definition) is 4. The zero-order valence-corrected chi connectivity index (χ0v) is 8.64. The summed E-state index contributed by atoms with van der Waals surface area (Å²) in [6.07, 6.45) is 2.43. The molecular formula is C10H13N4O2. The number of aromatic amines is 1. The minimum Gasteiger partial charge on any atom is -0.492 e. The fourth-order valence-electron chi connectivity index (χ4n) is 1.49. The molecule has 6 nitrogen and oxygen atoms in total. The molecule has 1 atom stereocenters. The van der Waals surface area contributed by atoms with Crippen molar-refractivity contribution in [3.05, 3.63) is 25.0 Å². The van der Waals surface area contributed by atoms with Gasteiger partial charge in [-0.3, -0.25) is 0 Å². The molecule has 0 aliphatic carbocycles. The Morgan fingerprint density at radius 1 is 1.50 bits per heavy atom. The van der Waals surface area contributed by atoms with E-state index in [4.69, 9.17) is 5.11 Å². The highest BCUT2D eigenvalue weighted by atomic mass is 16.3. The van der Waals surface area contributed by atoms with Crippen LogP contribution >= 0.6 is 0 Å². The molecule has 2 rings (SSSR count). The van der Waals surface area contributed by atoms with Gasteiger partial charge >= 0.3 is 0 Å². The molecule has 4 N–H and O–H groups in total. The molecule has 6 heteroatoms. The molecule has 16 heavy (non-hydrogen) atoms. The number of aliphatic hydroxyl groups is 1. The smallest absolute Gasteiger partial charge is 0.239 e. The van der Waals surface area contributed by atoms with Gasteiger partial charge in [-0.2, -0.15) is 0 Å². The second kappa shape index (κ2) is 4.46. The van der Waals surface area contributed by atoms with E-state index >= 15 is 0 Å². The van der Waals surface area contributed by atoms with E-state index in [2.05, 4.69) is 27.2 Å². The van der Waals surface area contributed by atoms with Gasteiger partial charge in [-0.15, -0.1) is 0 Å². The summed E-state index contributed by atoms with van der Waals surface area (Å²) in [5.74, 6) is -0.0616. The third-order valence-electron chi connectivity index (χ3n) is 2.22. The number of nitrogens with one attached hydrogen (secondary N) is 2. The summed E-state index contributed by atoms with van der Waals surface area (Å²) in [5.41, 5.74) is 2.11. The largest absolute Gasteiger partial charge is 0.492 e. The lowest BCUT2D eigenvalue weighted by Gasteiger charge is -2.05. The lowest BCUT2D eigenvalue weighted by molar-refractivity contribution is 0.216. The average molecular weight is 221 g/mol. The Labute approximate surface area is 92.4 Å². The van der Waals surface area contributed by atoms with Crippen LogP contribution in [0.25, 0.3) is 11.0 Å². The van der Waals surface area contributed by atoms with Gasteiger partial charge in [-0.25, -0.2) is 9.97 Å². The molecule has 85 valence electrons. The predicted octanol–water partition coefficient (Wildman–Crippen LogP) is -0.0519. The highest BCUT2D eigenvalue weighted by Gasteiger charge is 2.08. The first-order chi connectivity index (χ1) is 7.68. The summed E-state index contributed by atoms with van der Waals surface area (Å²) < 4.78 is 0. The van der Waals surface area contributed by atoms with Crippen LogP contribution in [-0.4, -0.2) is 37.8 Å². The van der Waals surface area contributed by atoms with Crippen LogP contribution < -0.4 is 5.32 Å². The Kier molecular flexibility index (Phi) is 3.02. The molecule has 0 aliphatic heterocycles. The highest BCUT2D eigenvalue weighted by Crippen LogP contribution is 2.21. The molecule has 0 saturated heterocycles. The maximum absolute atomic E-state index is 9.45. The van der Waals surface area contributed by atoms with Gasteiger partial charge in [0.05, 0.1) is 11.6 Å². The Bertz CT molecular complexity index is 481. The SMILES string of the molecule is [CH2]C(O)CNCc1c[nH]c2c(O)ncnc12. The minimum atomic E-state index is -0.631. The van der Waals surface area contributed by atoms with Crippen molar-refractivity contribution in [2.45, 2.75) is 12.6 Å². The molecule has 0 amide bonds. The monoisotopic (exact) mass is 221 g/mol. The molecule has 2 aromatic heterocycles. The standard InChI is InChI=1S/C10H13N4O2/c1-6(15)2-11-3-7-4-12-9-8(7)13-5-14-10(9)16/h4-6,11-12,15H,1-3H2,(H,13,14,16). The van der Waals surface area contributed by atoms with Gasteiger partial charge in [0.25, 0.3) is 0 Å². The summed E-state index contributed by atoms with van der Waals surface area (Å²) >= 11 is 0. The second-order valence-electron chi connectivity index (χ2n) is 3.52. The quantitative estimate of drug-likeness (QED) is 0.580. The average Bonchev–Trinajstić information content (AvgIpc) is 2.63. The van der Waals surface area contributed by atoms with E-state index in [9.17, 15) is 5.11 Å². The first kappa shape index (κ1) is 10.8. The Morgan fingerprint density at radius 3 is 3.06 bits per heavy atom. The number of H-pyrrole nitrogens is 1. The first-order valence-electron chi connectivity index (χ1n) is 4.90. The van der Waals surface area contributed by atoms with Gasteiger partial charge in [0.1, 0.15) is 11.8 Å². The molecule has 1 radical (unpaired) electrons. The summed E-state index contributed by atoms with van der Waals surface area (Å²) in [6, 6.07) is 0. The van der Waals surface area contributed by atoms with Gasteiger partial charge in [0, 0.05) is 24.8 Å². The fourth-order valence-corrected chi connectivity index (χ4v) is 1.49. The summed E-state index contributed by atoms with van der Waals surface area (Å²) in [6.45, 7) is 4.40. The number of aliphatic hydroxyl groups excluding tert-OH is 1. The van der Waals surface area contributed by atoms with Crippen LogP contribution in [0.4, 0.5) is 0 Å². The maximum Gasteiger partial charge on any atom is 0.239 e. The Balaban J connectivity index is 2.16. The van der Waals surface area contributed by atoms with Crippen molar-refractivity contribution in [2.24, 2.45) is 0 Å². The van der Waals surface area contributed by atoms with Crippen molar-refractivity contribution in [3.63, 3.8) is 0 Å². The van der Waals surface area contributed by atoms with Gasteiger partial charge < -0.3 is 20.5 Å². The van der Waals surface area contributed by atoms with Gasteiger partial charge in [-0.1, -0.05) is 0 Å². The van der Waals surface area contributed by atoms with Crippen molar-refractivity contribution in [1.29, 1.82) is 0 Å². The lowest BCUT2D eigenvalue weighted by atomic mass is 10.2. The van der Waals surface area contributed by atoms with Crippen molar-refractivity contribution in [2.75, 3.05) is 6.54 Å². The van der Waals surface area contributed by atoms with Gasteiger partial charge in [0.15, 0.2) is 0 Å². The number of aromatic hydroxyl groups is 1. The molecule has 2 heterocycles. The topological polar surface area (TPSA) is 94.1 Å². The molecule has 0 aromatic carbocycles. The maximum atomic E-state index is 9.45. The summed E-state index contributed by atoms with van der Waals surface area (Å²) in [7, 11) is 0. The van der Waals surface area contributed by atoms with Crippen LogP contribution in [0.15, 0.2) is 12.5 Å². The zero-order valence-electron chi connectivity index (χ0n) is 8.64. The number of fused-ring (bicyclic) bond motifs is 1. The third-order valence-corrected chi connectivity index (χ3v) is 2.22. The van der Waals surface area contributed by atoms with Crippen molar-refractivity contribution in [3.8, 4) is 5.88 Å². The van der Waals surface area contributed by atoms with E-state index in [1.54, 1.807) is 6.20 Å². The molecular weight excluding hydrogens is 208 g/mol. The lowest BCUT2D eigenvalue weighted by Crippen LogP contribution is -2.23. The number of aromatic nitrogens is 3. The van der Waals surface area contributed by atoms with Gasteiger partial charge in [0.2, 0.25) is 5.88 Å². The normalized spacial score (nSPS) is 13.1. The van der Waals surface area contributed by atoms with E-state index in [1.165, 1.54) is 6.33 Å². The van der Waals surface area contributed by atoms with E-state index in [-0.39, 0.29) is 5.88 Å². The molecule has 0 saturated carbocycles. The number of hydrogen-bond acceptors (Lipinski definition) is 5. The number of rotatable bonds is 4. The van der Waals surface area contributed by atoms with Crippen LogP contribution in [-0.2, 0) is 6.54 Å². The van der Waals surface area contributed by atoms with Gasteiger partial charge in [-0.05, 0) is 6.92 Å².